The van der Waals surface area contributed by atoms with Crippen molar-refractivity contribution in [1.29, 1.82) is 15.8 Å². The van der Waals surface area contributed by atoms with Crippen LogP contribution in [0.2, 0.25) is 0 Å². The van der Waals surface area contributed by atoms with Gasteiger partial charge in [-0.2, -0.15) is 15.8 Å². The molecule has 88 heavy (non-hydrogen) atoms. The molecule has 0 amide bonds. The summed E-state index contributed by atoms with van der Waals surface area (Å²) in [6, 6.07) is 92.5. The second kappa shape index (κ2) is 19.7. The molecule has 0 radical (unpaired) electrons. The van der Waals surface area contributed by atoms with Gasteiger partial charge >= 0.3 is 0 Å². The van der Waals surface area contributed by atoms with Gasteiger partial charge < -0.3 is 18.0 Å². The third-order valence-electron chi connectivity index (χ3n) is 17.1. The Balaban J connectivity index is 0.961. The van der Waals surface area contributed by atoms with Crippen LogP contribution in [0.15, 0.2) is 264 Å². The van der Waals surface area contributed by atoms with Crippen molar-refractivity contribution in [2.75, 3.05) is 0 Å². The molecule has 10 heteroatoms. The normalized spacial score (nSPS) is 11.6. The van der Waals surface area contributed by atoms with E-state index in [4.69, 9.17) is 23.8 Å². The largest absolute Gasteiger partial charge is 0.455 e. The van der Waals surface area contributed by atoms with Crippen LogP contribution in [-0.4, -0.2) is 24.1 Å². The zero-order valence-corrected chi connectivity index (χ0v) is 46.6. The number of fused-ring (bicyclic) bond motifs is 14. The first-order valence-electron chi connectivity index (χ1n) is 28.8. The molecule has 0 saturated carbocycles. The van der Waals surface area contributed by atoms with E-state index in [1.165, 1.54) is 0 Å². The molecule has 5 aromatic heterocycles. The van der Waals surface area contributed by atoms with Crippen LogP contribution >= 0.6 is 0 Å². The maximum Gasteiger partial charge on any atom is 0.166 e. The number of aromatic nitrogens is 5. The van der Waals surface area contributed by atoms with Gasteiger partial charge in [0.15, 0.2) is 17.5 Å². The molecule has 0 aliphatic carbocycles. The van der Waals surface area contributed by atoms with Crippen molar-refractivity contribution in [3.8, 4) is 97.1 Å². The number of hydrogen-bond donors (Lipinski definition) is 0. The molecule has 0 unspecified atom stereocenters. The zero-order valence-electron chi connectivity index (χ0n) is 46.6. The Hall–Kier alpha value is -12.7. The number of furan rings is 2. The number of nitriles is 3. The number of nitrogens with zero attached hydrogens (tertiary/aromatic N) is 8. The Kier molecular flexibility index (Phi) is 11.2. The summed E-state index contributed by atoms with van der Waals surface area (Å²) in [6.45, 7) is 0. The van der Waals surface area contributed by atoms with Gasteiger partial charge in [0, 0.05) is 49.0 Å². The van der Waals surface area contributed by atoms with Gasteiger partial charge in [0.05, 0.1) is 79.1 Å². The first-order chi connectivity index (χ1) is 43.5. The lowest BCUT2D eigenvalue weighted by atomic mass is 9.99. The average Bonchev–Trinajstić information content (AvgIpc) is 1.87. The van der Waals surface area contributed by atoms with Crippen molar-refractivity contribution in [1.82, 2.24) is 24.1 Å². The first-order valence-corrected chi connectivity index (χ1v) is 28.8. The maximum atomic E-state index is 10.1. The number of benzene rings is 12. The second-order valence-corrected chi connectivity index (χ2v) is 22.0. The monoisotopic (exact) mass is 1120 g/mol. The van der Waals surface area contributed by atoms with Gasteiger partial charge in [0.25, 0.3) is 0 Å². The smallest absolute Gasteiger partial charge is 0.166 e. The van der Waals surface area contributed by atoms with Crippen molar-refractivity contribution in [2.24, 2.45) is 0 Å². The molecule has 0 N–H and O–H groups in total. The van der Waals surface area contributed by atoms with Crippen molar-refractivity contribution in [3.05, 3.63) is 271 Å². The molecule has 0 atom stereocenters. The van der Waals surface area contributed by atoms with Gasteiger partial charge in [-0.05, 0) is 143 Å². The summed E-state index contributed by atoms with van der Waals surface area (Å²) >= 11 is 0. The third-order valence-corrected chi connectivity index (χ3v) is 17.1. The van der Waals surface area contributed by atoms with Gasteiger partial charge in [-0.3, -0.25) is 0 Å². The molecule has 12 aromatic carbocycles. The van der Waals surface area contributed by atoms with Crippen LogP contribution in [0.1, 0.15) is 16.7 Å². The van der Waals surface area contributed by atoms with Crippen molar-refractivity contribution in [3.63, 3.8) is 0 Å². The Morgan fingerprint density at radius 2 is 0.682 bits per heavy atom. The lowest BCUT2D eigenvalue weighted by molar-refractivity contribution is 0.672. The fourth-order valence-electron chi connectivity index (χ4n) is 13.0. The first kappa shape index (κ1) is 49.9. The predicted molar refractivity (Wildman–Crippen MR) is 350 cm³/mol. The lowest BCUT2D eigenvalue weighted by Crippen LogP contribution is -2.06. The Morgan fingerprint density at radius 1 is 0.284 bits per heavy atom. The van der Waals surface area contributed by atoms with Crippen molar-refractivity contribution in [2.45, 2.75) is 0 Å². The van der Waals surface area contributed by atoms with Crippen molar-refractivity contribution >= 4 is 87.5 Å². The Labute approximate surface area is 502 Å². The number of para-hydroxylation sites is 4. The van der Waals surface area contributed by atoms with Gasteiger partial charge in [0.1, 0.15) is 22.3 Å². The van der Waals surface area contributed by atoms with Crippen LogP contribution in [0.3, 0.4) is 0 Å². The van der Waals surface area contributed by atoms with E-state index in [0.29, 0.717) is 34.2 Å². The molecule has 5 heterocycles. The molecule has 0 aliphatic rings. The molecule has 10 nitrogen and oxygen atoms in total. The summed E-state index contributed by atoms with van der Waals surface area (Å²) < 4.78 is 18.2. The summed E-state index contributed by atoms with van der Waals surface area (Å²) in [5, 5.41) is 38.0. The topological polar surface area (TPSA) is 146 Å². The highest BCUT2D eigenvalue weighted by molar-refractivity contribution is 6.25. The van der Waals surface area contributed by atoms with Crippen LogP contribution in [0, 0.1) is 34.0 Å². The summed E-state index contributed by atoms with van der Waals surface area (Å²) in [6.07, 6.45) is 0. The molecule has 17 aromatic rings. The van der Waals surface area contributed by atoms with E-state index in [1.807, 2.05) is 121 Å². The number of rotatable bonds is 8. The molecule has 0 bridgehead atoms. The van der Waals surface area contributed by atoms with Gasteiger partial charge in [-0.25, -0.2) is 15.0 Å². The molecule has 17 rings (SSSR count). The predicted octanol–water partition coefficient (Wildman–Crippen LogP) is 19.5. The van der Waals surface area contributed by atoms with Gasteiger partial charge in [-0.15, -0.1) is 0 Å². The Morgan fingerprint density at radius 3 is 1.16 bits per heavy atom. The highest BCUT2D eigenvalue weighted by Gasteiger charge is 2.26. The van der Waals surface area contributed by atoms with Crippen LogP contribution in [0.5, 0.6) is 0 Å². The van der Waals surface area contributed by atoms with E-state index >= 15 is 0 Å². The molecular weight excluding hydrogens is 1080 g/mol. The second-order valence-electron chi connectivity index (χ2n) is 22.0. The van der Waals surface area contributed by atoms with E-state index in [0.717, 1.165) is 149 Å². The van der Waals surface area contributed by atoms with Crippen LogP contribution in [0.4, 0.5) is 0 Å². The minimum Gasteiger partial charge on any atom is -0.455 e. The molecular formula is C78H42N8O2. The summed E-state index contributed by atoms with van der Waals surface area (Å²) in [5.74, 6) is 1.28. The summed E-state index contributed by atoms with van der Waals surface area (Å²) in [7, 11) is 0. The average molecular weight is 1120 g/mol. The van der Waals surface area contributed by atoms with E-state index in [1.54, 1.807) is 0 Å². The molecule has 0 saturated heterocycles. The number of hydrogen-bond acceptors (Lipinski definition) is 8. The Bertz CT molecular complexity index is 5610. The highest BCUT2D eigenvalue weighted by Crippen LogP contribution is 2.46. The quantitative estimate of drug-likeness (QED) is 0.146. The maximum absolute atomic E-state index is 10.1. The summed E-state index contributed by atoms with van der Waals surface area (Å²) in [5.41, 5.74) is 17.9. The van der Waals surface area contributed by atoms with Gasteiger partial charge in [-0.1, -0.05) is 146 Å². The molecule has 0 fully saturated rings. The fraction of sp³-hybridized carbons (Fsp3) is 0. The molecule has 406 valence electrons. The van der Waals surface area contributed by atoms with Crippen LogP contribution in [0.25, 0.3) is 166 Å². The molecule has 0 spiro atoms. The van der Waals surface area contributed by atoms with Gasteiger partial charge in [0.2, 0.25) is 0 Å². The zero-order chi connectivity index (χ0) is 58.6. The minimum atomic E-state index is 0.419. The van der Waals surface area contributed by atoms with Crippen LogP contribution < -0.4 is 0 Å². The van der Waals surface area contributed by atoms with E-state index in [-0.39, 0.29) is 0 Å². The summed E-state index contributed by atoms with van der Waals surface area (Å²) in [4.78, 5) is 16.7. The van der Waals surface area contributed by atoms with E-state index in [2.05, 4.69) is 161 Å². The highest BCUT2D eigenvalue weighted by atomic mass is 16.3. The van der Waals surface area contributed by atoms with Crippen molar-refractivity contribution < 1.29 is 8.83 Å². The van der Waals surface area contributed by atoms with E-state index < -0.39 is 0 Å². The third kappa shape index (κ3) is 7.83. The lowest BCUT2D eigenvalue weighted by Gasteiger charge is -2.18. The van der Waals surface area contributed by atoms with Crippen LogP contribution in [-0.2, 0) is 0 Å². The van der Waals surface area contributed by atoms with E-state index in [9.17, 15) is 15.8 Å². The SMILES string of the molecule is N#Cc1ccc(-c2ccc(-c3nc(-c4ccc(-c5cccc(C#N)c5)cc4-n4c5ccccc5c5c6oc7ccccc7c6ccc54)nc(-c4ccc(-c5cccc(C#N)c5)cc4-n4c5ccccc5c5c6oc7ccccc7c6ccc54)n3)cc2)cc1. The fourth-order valence-corrected chi connectivity index (χ4v) is 13.0. The minimum absolute atomic E-state index is 0.419. The molecule has 0 aliphatic heterocycles. The standard InChI is InChI=1S/C78H42N8O2/c79-43-46-23-25-49(26-24-46)50-27-29-51(30-28-50)76-82-77(62-33-31-54(52-13-9-11-47(39-52)44-80)41-68(62)85-64-19-5-1-17-60(64)72-66(85)37-35-58-56-15-3-7-21-70(56)87-74(58)72)84-78(83-76)63-34-32-55(53-14-10-12-48(40-53)45-81)42-69(63)86-65-20-6-2-18-61(65)73-67(86)38-36-59-57-16-4-8-22-71(57)88-75(59)73/h1-42H.